The van der Waals surface area contributed by atoms with Crippen molar-refractivity contribution in [3.05, 3.63) is 17.7 Å². The van der Waals surface area contributed by atoms with Gasteiger partial charge in [0.2, 0.25) is 0 Å². The molecule has 0 unspecified atom stereocenters. The largest absolute Gasteiger partial charge is 0.496 e. The van der Waals surface area contributed by atoms with Crippen LogP contribution in [0.2, 0.25) is 0 Å². The number of nitrogens with zero attached hydrogens (tertiary/aromatic N) is 1. The number of hydrogen-bond acceptors (Lipinski definition) is 4. The maximum atomic E-state index is 12.2. The normalized spacial score (nSPS) is 14.8. The maximum absolute atomic E-state index is 12.2. The number of nitrogens with one attached hydrogen (secondary N) is 2. The molecule has 20 heavy (non-hydrogen) atoms. The van der Waals surface area contributed by atoms with Gasteiger partial charge >= 0.3 is 6.03 Å². The number of ether oxygens (including phenoxy) is 2. The van der Waals surface area contributed by atoms with Crippen molar-refractivity contribution >= 4 is 11.7 Å². The average molecular weight is 279 g/mol. The Balaban J connectivity index is 2.16. The van der Waals surface area contributed by atoms with E-state index in [4.69, 9.17) is 9.47 Å². The first-order valence-electron chi connectivity index (χ1n) is 6.65. The molecular weight excluding hydrogens is 258 g/mol. The van der Waals surface area contributed by atoms with E-state index in [1.807, 2.05) is 13.0 Å². The Labute approximate surface area is 119 Å². The number of hydrogen-bond donors (Lipinski definition) is 2. The van der Waals surface area contributed by atoms with E-state index in [0.29, 0.717) is 24.5 Å². The van der Waals surface area contributed by atoms with Crippen molar-refractivity contribution in [3.63, 3.8) is 0 Å². The number of urea groups is 1. The Kier molecular flexibility index (Phi) is 4.68. The van der Waals surface area contributed by atoms with Crippen molar-refractivity contribution in [3.8, 4) is 11.5 Å². The molecule has 0 atom stereocenters. The summed E-state index contributed by atoms with van der Waals surface area (Å²) in [7, 11) is 3.19. The lowest BCUT2D eigenvalue weighted by Gasteiger charge is -2.27. The number of rotatable bonds is 3. The molecule has 1 aromatic carbocycles. The summed E-state index contributed by atoms with van der Waals surface area (Å²) in [5, 5.41) is 6.10. The molecule has 1 aromatic rings. The number of aryl methyl sites for hydroxylation is 1. The Morgan fingerprint density at radius 1 is 1.20 bits per heavy atom. The van der Waals surface area contributed by atoms with E-state index in [0.717, 1.165) is 24.4 Å². The van der Waals surface area contributed by atoms with Crippen molar-refractivity contribution in [2.24, 2.45) is 0 Å². The summed E-state index contributed by atoms with van der Waals surface area (Å²) in [5.41, 5.74) is 1.59. The molecule has 1 saturated heterocycles. The second-order valence-corrected chi connectivity index (χ2v) is 4.69. The number of anilines is 1. The van der Waals surface area contributed by atoms with Crippen molar-refractivity contribution in [2.45, 2.75) is 6.92 Å². The van der Waals surface area contributed by atoms with Gasteiger partial charge in [0.1, 0.15) is 11.5 Å². The second-order valence-electron chi connectivity index (χ2n) is 4.69. The highest BCUT2D eigenvalue weighted by molar-refractivity contribution is 5.91. The predicted molar refractivity (Wildman–Crippen MR) is 77.7 cm³/mol. The van der Waals surface area contributed by atoms with Crippen LogP contribution in [-0.4, -0.2) is 51.3 Å². The zero-order valence-electron chi connectivity index (χ0n) is 12.2. The molecule has 0 saturated carbocycles. The molecule has 2 N–H and O–H groups in total. The fourth-order valence-electron chi connectivity index (χ4n) is 2.21. The lowest BCUT2D eigenvalue weighted by atomic mass is 10.2. The summed E-state index contributed by atoms with van der Waals surface area (Å²) in [5.74, 6) is 1.35. The van der Waals surface area contributed by atoms with Gasteiger partial charge in [-0.3, -0.25) is 0 Å². The van der Waals surface area contributed by atoms with Gasteiger partial charge < -0.3 is 25.0 Å². The minimum Gasteiger partial charge on any atom is -0.496 e. The summed E-state index contributed by atoms with van der Waals surface area (Å²) in [6.45, 7) is 4.99. The summed E-state index contributed by atoms with van der Waals surface area (Å²) >= 11 is 0. The van der Waals surface area contributed by atoms with Crippen LogP contribution >= 0.6 is 0 Å². The fraction of sp³-hybridized carbons (Fsp3) is 0.500. The molecule has 1 heterocycles. The molecule has 0 aliphatic carbocycles. The molecule has 0 spiro atoms. The van der Waals surface area contributed by atoms with Gasteiger partial charge in [-0.05, 0) is 18.6 Å². The van der Waals surface area contributed by atoms with Crippen LogP contribution in [0.5, 0.6) is 11.5 Å². The highest BCUT2D eigenvalue weighted by atomic mass is 16.5. The van der Waals surface area contributed by atoms with Gasteiger partial charge in [-0.2, -0.15) is 0 Å². The minimum atomic E-state index is -0.115. The van der Waals surface area contributed by atoms with Crippen molar-refractivity contribution in [2.75, 3.05) is 45.7 Å². The molecule has 0 bridgehead atoms. The lowest BCUT2D eigenvalue weighted by Crippen LogP contribution is -2.48. The van der Waals surface area contributed by atoms with Gasteiger partial charge in [-0.15, -0.1) is 0 Å². The summed E-state index contributed by atoms with van der Waals surface area (Å²) < 4.78 is 10.6. The zero-order valence-corrected chi connectivity index (χ0v) is 12.2. The molecule has 6 heteroatoms. The maximum Gasteiger partial charge on any atom is 0.322 e. The molecule has 0 radical (unpaired) electrons. The first-order chi connectivity index (χ1) is 9.65. The number of benzene rings is 1. The topological polar surface area (TPSA) is 62.8 Å². The molecular formula is C14H21N3O3. The first kappa shape index (κ1) is 14.5. The monoisotopic (exact) mass is 279 g/mol. The lowest BCUT2D eigenvalue weighted by molar-refractivity contribution is 0.203. The van der Waals surface area contributed by atoms with Crippen LogP contribution in [0.25, 0.3) is 0 Å². The molecule has 0 aromatic heterocycles. The second kappa shape index (κ2) is 6.47. The summed E-state index contributed by atoms with van der Waals surface area (Å²) in [4.78, 5) is 14.0. The summed E-state index contributed by atoms with van der Waals surface area (Å²) in [6.07, 6.45) is 0. The Morgan fingerprint density at radius 3 is 2.45 bits per heavy atom. The molecule has 1 aliphatic rings. The van der Waals surface area contributed by atoms with Crippen LogP contribution in [0.1, 0.15) is 5.56 Å². The smallest absolute Gasteiger partial charge is 0.322 e. The van der Waals surface area contributed by atoms with Crippen LogP contribution < -0.4 is 20.1 Å². The first-order valence-corrected chi connectivity index (χ1v) is 6.65. The van der Waals surface area contributed by atoms with Crippen LogP contribution in [0.15, 0.2) is 12.1 Å². The van der Waals surface area contributed by atoms with Gasteiger partial charge in [0, 0.05) is 32.2 Å². The van der Waals surface area contributed by atoms with Crippen molar-refractivity contribution < 1.29 is 14.3 Å². The number of carbonyl (C=O) groups excluding carboxylic acids is 1. The van der Waals surface area contributed by atoms with E-state index in [9.17, 15) is 4.79 Å². The predicted octanol–water partition coefficient (Wildman–Crippen LogP) is 1.45. The Bertz CT molecular complexity index is 485. The van der Waals surface area contributed by atoms with E-state index in [-0.39, 0.29) is 6.03 Å². The van der Waals surface area contributed by atoms with E-state index in [1.165, 1.54) is 0 Å². The Hall–Kier alpha value is -1.95. The van der Waals surface area contributed by atoms with Crippen LogP contribution in [0.3, 0.4) is 0 Å². The molecule has 2 amide bonds. The number of carbonyl (C=O) groups is 1. The van der Waals surface area contributed by atoms with Crippen LogP contribution in [0, 0.1) is 6.92 Å². The van der Waals surface area contributed by atoms with Gasteiger partial charge in [-0.1, -0.05) is 0 Å². The van der Waals surface area contributed by atoms with E-state index in [2.05, 4.69) is 10.6 Å². The van der Waals surface area contributed by atoms with Gasteiger partial charge in [0.15, 0.2) is 0 Å². The number of amides is 2. The molecule has 6 nitrogen and oxygen atoms in total. The quantitative estimate of drug-likeness (QED) is 0.879. The average Bonchev–Trinajstić information content (AvgIpc) is 2.49. The van der Waals surface area contributed by atoms with E-state index < -0.39 is 0 Å². The third-order valence-corrected chi connectivity index (χ3v) is 3.36. The molecule has 110 valence electrons. The zero-order chi connectivity index (χ0) is 14.5. The Morgan fingerprint density at radius 2 is 1.85 bits per heavy atom. The van der Waals surface area contributed by atoms with E-state index >= 15 is 0 Å². The van der Waals surface area contributed by atoms with Gasteiger partial charge in [0.05, 0.1) is 19.9 Å². The molecule has 1 aliphatic heterocycles. The van der Waals surface area contributed by atoms with Crippen LogP contribution in [0.4, 0.5) is 10.5 Å². The standard InChI is InChI=1S/C14H21N3O3/c1-10-8-13(20-3)11(9-12(10)19-2)16-14(18)17-6-4-15-5-7-17/h8-9,15H,4-7H2,1-3H3,(H,16,18). The highest BCUT2D eigenvalue weighted by Gasteiger charge is 2.18. The van der Waals surface area contributed by atoms with Crippen LogP contribution in [-0.2, 0) is 0 Å². The van der Waals surface area contributed by atoms with Gasteiger partial charge in [0.25, 0.3) is 0 Å². The SMILES string of the molecule is COc1cc(NC(=O)N2CCNCC2)c(OC)cc1C. The van der Waals surface area contributed by atoms with Crippen molar-refractivity contribution in [1.29, 1.82) is 0 Å². The minimum absolute atomic E-state index is 0.115. The highest BCUT2D eigenvalue weighted by Crippen LogP contribution is 2.32. The van der Waals surface area contributed by atoms with Gasteiger partial charge in [-0.25, -0.2) is 4.79 Å². The molecule has 2 rings (SSSR count). The number of piperazine rings is 1. The third-order valence-electron chi connectivity index (χ3n) is 3.36. The molecule has 1 fully saturated rings. The fourth-order valence-corrected chi connectivity index (χ4v) is 2.21. The number of methoxy groups -OCH3 is 2. The van der Waals surface area contributed by atoms with Crippen molar-refractivity contribution in [1.82, 2.24) is 10.2 Å². The third kappa shape index (κ3) is 3.14. The summed E-state index contributed by atoms with van der Waals surface area (Å²) in [6, 6.07) is 3.52. The van der Waals surface area contributed by atoms with E-state index in [1.54, 1.807) is 25.2 Å².